The normalized spacial score (nSPS) is 10.6. The van der Waals surface area contributed by atoms with Gasteiger partial charge in [0.25, 0.3) is 0 Å². The van der Waals surface area contributed by atoms with Gasteiger partial charge in [0, 0.05) is 12.6 Å². The summed E-state index contributed by atoms with van der Waals surface area (Å²) in [6.07, 6.45) is 1.43. The molecule has 7 heteroatoms. The summed E-state index contributed by atoms with van der Waals surface area (Å²) in [6, 6.07) is 1.42. The molecular formula is C9H9ClN4O2. The molecule has 0 aliphatic carbocycles. The monoisotopic (exact) mass is 240 g/mol. The van der Waals surface area contributed by atoms with Crippen LogP contribution in [0.3, 0.4) is 0 Å². The van der Waals surface area contributed by atoms with Crippen molar-refractivity contribution in [1.82, 2.24) is 14.6 Å². The third-order valence-electron chi connectivity index (χ3n) is 2.01. The van der Waals surface area contributed by atoms with Gasteiger partial charge in [0.2, 0.25) is 0 Å². The van der Waals surface area contributed by atoms with Gasteiger partial charge in [-0.05, 0) is 6.92 Å². The highest BCUT2D eigenvalue weighted by molar-refractivity contribution is 6.33. The van der Waals surface area contributed by atoms with Gasteiger partial charge in [-0.15, -0.1) is 0 Å². The van der Waals surface area contributed by atoms with Crippen molar-refractivity contribution >= 4 is 29.0 Å². The Morgan fingerprint density at radius 3 is 3.06 bits per heavy atom. The van der Waals surface area contributed by atoms with E-state index in [9.17, 15) is 4.79 Å². The Morgan fingerprint density at radius 1 is 1.69 bits per heavy atom. The molecule has 0 unspecified atom stereocenters. The molecule has 0 bridgehead atoms. The first kappa shape index (κ1) is 10.7. The van der Waals surface area contributed by atoms with Gasteiger partial charge in [-0.25, -0.2) is 9.78 Å². The standard InChI is InChI=1S/C9H9ClN4O2/c1-2-11-7-3-6(9(15)16)13-8-5(10)4-12-14(7)8/h3-4,11H,2H2,1H3,(H,15,16). The number of aromatic nitrogens is 3. The van der Waals surface area contributed by atoms with E-state index < -0.39 is 5.97 Å². The number of anilines is 1. The minimum Gasteiger partial charge on any atom is -0.477 e. The van der Waals surface area contributed by atoms with Gasteiger partial charge in [0.1, 0.15) is 10.8 Å². The maximum Gasteiger partial charge on any atom is 0.354 e. The van der Waals surface area contributed by atoms with E-state index in [1.165, 1.54) is 16.8 Å². The second-order valence-corrected chi connectivity index (χ2v) is 3.50. The predicted molar refractivity (Wildman–Crippen MR) is 59.1 cm³/mol. The fourth-order valence-electron chi connectivity index (χ4n) is 1.35. The Kier molecular flexibility index (Phi) is 2.66. The van der Waals surface area contributed by atoms with Gasteiger partial charge in [0.05, 0.1) is 6.20 Å². The zero-order valence-electron chi connectivity index (χ0n) is 8.44. The lowest BCUT2D eigenvalue weighted by atomic mass is 10.4. The lowest BCUT2D eigenvalue weighted by molar-refractivity contribution is 0.0690. The lowest BCUT2D eigenvalue weighted by Crippen LogP contribution is -2.09. The average Bonchev–Trinajstić information content (AvgIpc) is 2.61. The minimum atomic E-state index is -1.10. The van der Waals surface area contributed by atoms with Crippen LogP contribution in [0.1, 0.15) is 17.4 Å². The number of hydrogen-bond donors (Lipinski definition) is 2. The third kappa shape index (κ3) is 1.67. The van der Waals surface area contributed by atoms with Crippen LogP contribution in [-0.4, -0.2) is 32.2 Å². The van der Waals surface area contributed by atoms with Crippen molar-refractivity contribution in [3.8, 4) is 0 Å². The second-order valence-electron chi connectivity index (χ2n) is 3.09. The van der Waals surface area contributed by atoms with Crippen molar-refractivity contribution in [2.45, 2.75) is 6.92 Å². The molecule has 16 heavy (non-hydrogen) atoms. The molecule has 0 saturated heterocycles. The predicted octanol–water partition coefficient (Wildman–Crippen LogP) is 1.51. The summed E-state index contributed by atoms with van der Waals surface area (Å²) in [5.74, 6) is -0.546. The Balaban J connectivity index is 2.70. The van der Waals surface area contributed by atoms with Crippen LogP contribution in [-0.2, 0) is 0 Å². The Hall–Kier alpha value is -1.82. The Labute approximate surface area is 95.9 Å². The minimum absolute atomic E-state index is 0.0640. The van der Waals surface area contributed by atoms with Gasteiger partial charge in [0.15, 0.2) is 11.3 Å². The molecule has 0 amide bonds. The summed E-state index contributed by atoms with van der Waals surface area (Å²) in [6.45, 7) is 2.55. The first-order valence-electron chi connectivity index (χ1n) is 4.65. The highest BCUT2D eigenvalue weighted by Gasteiger charge is 2.13. The Morgan fingerprint density at radius 2 is 2.44 bits per heavy atom. The summed E-state index contributed by atoms with van der Waals surface area (Å²) >= 11 is 5.85. The quantitative estimate of drug-likeness (QED) is 0.850. The fraction of sp³-hybridized carbons (Fsp3) is 0.222. The molecule has 0 radical (unpaired) electrons. The van der Waals surface area contributed by atoms with Crippen LogP contribution in [0.15, 0.2) is 12.3 Å². The summed E-state index contributed by atoms with van der Waals surface area (Å²) in [4.78, 5) is 14.8. The van der Waals surface area contributed by atoms with E-state index in [-0.39, 0.29) is 5.69 Å². The molecule has 0 atom stereocenters. The molecule has 2 aromatic heterocycles. The zero-order chi connectivity index (χ0) is 11.7. The lowest BCUT2D eigenvalue weighted by Gasteiger charge is -2.06. The maximum absolute atomic E-state index is 10.9. The SMILES string of the molecule is CCNc1cc(C(=O)O)nc2c(Cl)cnn12. The molecule has 2 N–H and O–H groups in total. The zero-order valence-corrected chi connectivity index (χ0v) is 9.19. The molecule has 0 aliphatic heterocycles. The largest absolute Gasteiger partial charge is 0.477 e. The second kappa shape index (κ2) is 3.97. The molecule has 2 rings (SSSR count). The van der Waals surface area contributed by atoms with E-state index in [0.717, 1.165) is 0 Å². The number of rotatable bonds is 3. The van der Waals surface area contributed by atoms with Crippen molar-refractivity contribution in [2.75, 3.05) is 11.9 Å². The highest BCUT2D eigenvalue weighted by atomic mass is 35.5. The maximum atomic E-state index is 10.9. The summed E-state index contributed by atoms with van der Waals surface area (Å²) in [5, 5.41) is 16.2. The van der Waals surface area contributed by atoms with Crippen molar-refractivity contribution in [1.29, 1.82) is 0 Å². The van der Waals surface area contributed by atoms with E-state index in [4.69, 9.17) is 16.7 Å². The number of aromatic carboxylic acids is 1. The molecular weight excluding hydrogens is 232 g/mol. The number of carboxylic acid groups (broad SMARTS) is 1. The van der Waals surface area contributed by atoms with Crippen LogP contribution in [0, 0.1) is 0 Å². The van der Waals surface area contributed by atoms with Crippen LogP contribution in [0.2, 0.25) is 5.02 Å². The van der Waals surface area contributed by atoms with E-state index in [1.807, 2.05) is 6.92 Å². The van der Waals surface area contributed by atoms with Crippen LogP contribution < -0.4 is 5.32 Å². The molecule has 0 spiro atoms. The van der Waals surface area contributed by atoms with Crippen LogP contribution in [0.5, 0.6) is 0 Å². The van der Waals surface area contributed by atoms with E-state index in [1.54, 1.807) is 0 Å². The smallest absolute Gasteiger partial charge is 0.354 e. The first-order chi connectivity index (χ1) is 7.63. The van der Waals surface area contributed by atoms with Gasteiger partial charge >= 0.3 is 5.97 Å². The number of nitrogens with one attached hydrogen (secondary N) is 1. The van der Waals surface area contributed by atoms with Gasteiger partial charge in [-0.2, -0.15) is 9.61 Å². The van der Waals surface area contributed by atoms with Crippen molar-refractivity contribution in [2.24, 2.45) is 0 Å². The number of carboxylic acids is 1. The molecule has 2 aromatic rings. The van der Waals surface area contributed by atoms with Crippen LogP contribution in [0.4, 0.5) is 5.82 Å². The number of carbonyl (C=O) groups is 1. The first-order valence-corrected chi connectivity index (χ1v) is 5.02. The number of halogens is 1. The molecule has 84 valence electrons. The summed E-state index contributed by atoms with van der Waals surface area (Å²) < 4.78 is 1.47. The average molecular weight is 241 g/mol. The summed E-state index contributed by atoms with van der Waals surface area (Å²) in [5.41, 5.74) is 0.267. The number of fused-ring (bicyclic) bond motifs is 1. The van der Waals surface area contributed by atoms with Crippen molar-refractivity contribution < 1.29 is 9.90 Å². The third-order valence-corrected chi connectivity index (χ3v) is 2.27. The van der Waals surface area contributed by atoms with Gasteiger partial charge in [-0.1, -0.05) is 11.6 Å². The molecule has 6 nitrogen and oxygen atoms in total. The number of hydrogen-bond acceptors (Lipinski definition) is 4. The van der Waals surface area contributed by atoms with E-state index in [0.29, 0.717) is 23.0 Å². The molecule has 0 saturated carbocycles. The fourth-order valence-corrected chi connectivity index (χ4v) is 1.52. The molecule has 0 aliphatic rings. The topological polar surface area (TPSA) is 79.5 Å². The van der Waals surface area contributed by atoms with Crippen molar-refractivity contribution in [3.05, 3.63) is 23.0 Å². The van der Waals surface area contributed by atoms with E-state index >= 15 is 0 Å². The van der Waals surface area contributed by atoms with Gasteiger partial charge < -0.3 is 10.4 Å². The van der Waals surface area contributed by atoms with Crippen LogP contribution in [0.25, 0.3) is 5.65 Å². The molecule has 0 aromatic carbocycles. The van der Waals surface area contributed by atoms with Gasteiger partial charge in [-0.3, -0.25) is 0 Å². The highest BCUT2D eigenvalue weighted by Crippen LogP contribution is 2.19. The summed E-state index contributed by atoms with van der Waals surface area (Å²) in [7, 11) is 0. The number of nitrogens with zero attached hydrogens (tertiary/aromatic N) is 3. The van der Waals surface area contributed by atoms with Crippen molar-refractivity contribution in [3.63, 3.8) is 0 Å². The molecule has 0 fully saturated rings. The van der Waals surface area contributed by atoms with E-state index in [2.05, 4.69) is 15.4 Å². The molecule has 2 heterocycles. The van der Waals surface area contributed by atoms with Crippen LogP contribution >= 0.6 is 11.6 Å². The Bertz CT molecular complexity index is 552.